The van der Waals surface area contributed by atoms with E-state index in [9.17, 15) is 4.79 Å². The van der Waals surface area contributed by atoms with Crippen LogP contribution in [-0.4, -0.2) is 47.0 Å². The van der Waals surface area contributed by atoms with Crippen molar-refractivity contribution in [2.24, 2.45) is 5.92 Å². The van der Waals surface area contributed by atoms with Gasteiger partial charge in [0.2, 0.25) is 11.9 Å². The molecule has 0 atom stereocenters. The van der Waals surface area contributed by atoms with Crippen LogP contribution in [-0.2, 0) is 4.79 Å². The number of aryl methyl sites for hydroxylation is 1. The van der Waals surface area contributed by atoms with Crippen LogP contribution < -0.4 is 4.90 Å². The van der Waals surface area contributed by atoms with Crippen LogP contribution in [0, 0.1) is 12.8 Å². The van der Waals surface area contributed by atoms with Crippen LogP contribution >= 0.6 is 0 Å². The maximum absolute atomic E-state index is 12.1. The predicted octanol–water partition coefficient (Wildman–Crippen LogP) is 2.26. The van der Waals surface area contributed by atoms with Gasteiger partial charge in [0.05, 0.1) is 0 Å². The summed E-state index contributed by atoms with van der Waals surface area (Å²) in [6, 6.07) is 2.19. The molecular weight excluding hydrogens is 264 g/mol. The molecular formula is C16H26N4O. The Balaban J connectivity index is 1.85. The summed E-state index contributed by atoms with van der Waals surface area (Å²) in [5.41, 5.74) is 0.996. The van der Waals surface area contributed by atoms with Crippen LogP contribution in [0.4, 0.5) is 5.95 Å². The highest BCUT2D eigenvalue weighted by Crippen LogP contribution is 2.23. The fraction of sp³-hybridized carbons (Fsp3) is 0.688. The van der Waals surface area contributed by atoms with E-state index in [4.69, 9.17) is 0 Å². The second-order valence-corrected chi connectivity index (χ2v) is 6.23. The van der Waals surface area contributed by atoms with Gasteiger partial charge in [0.25, 0.3) is 0 Å². The maximum atomic E-state index is 12.1. The number of piperidine rings is 1. The molecule has 0 aliphatic carbocycles. The van der Waals surface area contributed by atoms with Crippen LogP contribution in [0.5, 0.6) is 0 Å². The molecule has 5 nitrogen and oxygen atoms in total. The van der Waals surface area contributed by atoms with Crippen LogP contribution in [0.1, 0.15) is 38.8 Å². The molecule has 0 radical (unpaired) electrons. The van der Waals surface area contributed by atoms with Crippen molar-refractivity contribution in [1.29, 1.82) is 0 Å². The summed E-state index contributed by atoms with van der Waals surface area (Å²) in [5.74, 6) is 1.56. The van der Waals surface area contributed by atoms with Gasteiger partial charge in [-0.3, -0.25) is 4.79 Å². The van der Waals surface area contributed by atoms with E-state index in [0.717, 1.165) is 37.6 Å². The number of nitrogens with zero attached hydrogens (tertiary/aromatic N) is 4. The van der Waals surface area contributed by atoms with Gasteiger partial charge in [-0.1, -0.05) is 0 Å². The molecule has 1 fully saturated rings. The number of amides is 1. The minimum absolute atomic E-state index is 0.259. The summed E-state index contributed by atoms with van der Waals surface area (Å²) in [7, 11) is 1.89. The topological polar surface area (TPSA) is 49.3 Å². The summed E-state index contributed by atoms with van der Waals surface area (Å²) >= 11 is 0. The third-order valence-corrected chi connectivity index (χ3v) is 4.31. The summed E-state index contributed by atoms with van der Waals surface area (Å²) in [6.45, 7) is 7.96. The zero-order valence-electron chi connectivity index (χ0n) is 13.5. The molecule has 2 heterocycles. The van der Waals surface area contributed by atoms with Crippen molar-refractivity contribution in [3.05, 3.63) is 18.0 Å². The summed E-state index contributed by atoms with van der Waals surface area (Å²) in [6.07, 6.45) is 4.55. The molecule has 1 aliphatic rings. The van der Waals surface area contributed by atoms with Crippen molar-refractivity contribution in [2.75, 3.05) is 25.0 Å². The van der Waals surface area contributed by atoms with Gasteiger partial charge in [-0.2, -0.15) is 0 Å². The maximum Gasteiger partial charge on any atom is 0.225 e. The van der Waals surface area contributed by atoms with Gasteiger partial charge in [0.15, 0.2) is 0 Å². The first-order chi connectivity index (χ1) is 9.97. The molecule has 0 aromatic carbocycles. The molecule has 0 spiro atoms. The van der Waals surface area contributed by atoms with E-state index in [1.165, 1.54) is 0 Å². The third-order valence-electron chi connectivity index (χ3n) is 4.31. The molecule has 1 aromatic heterocycles. The van der Waals surface area contributed by atoms with Gasteiger partial charge in [-0.25, -0.2) is 9.97 Å². The van der Waals surface area contributed by atoms with Gasteiger partial charge in [0, 0.05) is 44.5 Å². The fourth-order valence-electron chi connectivity index (χ4n) is 2.60. The van der Waals surface area contributed by atoms with Crippen LogP contribution in [0.25, 0.3) is 0 Å². The van der Waals surface area contributed by atoms with Gasteiger partial charge in [-0.15, -0.1) is 0 Å². The number of carbonyl (C=O) groups excluding carboxylic acids is 1. The van der Waals surface area contributed by atoms with Crippen LogP contribution in [0.3, 0.4) is 0 Å². The molecule has 1 aromatic rings. The minimum atomic E-state index is 0.259. The molecule has 1 aliphatic heterocycles. The summed E-state index contributed by atoms with van der Waals surface area (Å²) in [5, 5.41) is 0. The van der Waals surface area contributed by atoms with E-state index in [-0.39, 0.29) is 11.9 Å². The van der Waals surface area contributed by atoms with E-state index in [1.54, 1.807) is 0 Å². The lowest BCUT2D eigenvalue weighted by Crippen LogP contribution is -2.38. The summed E-state index contributed by atoms with van der Waals surface area (Å²) < 4.78 is 0. The van der Waals surface area contributed by atoms with Crippen molar-refractivity contribution in [1.82, 2.24) is 14.9 Å². The number of hydrogen-bond acceptors (Lipinski definition) is 4. The second kappa shape index (κ2) is 6.87. The standard InChI is InChI=1S/C16H26N4O/c1-12(2)19(4)15(21)11-14-6-9-20(10-7-14)16-17-8-5-13(3)18-16/h5,8,12,14H,6-7,9-11H2,1-4H3. The average Bonchev–Trinajstić information content (AvgIpc) is 2.47. The molecule has 1 saturated heterocycles. The Kier molecular flexibility index (Phi) is 5.15. The Morgan fingerprint density at radius 3 is 2.67 bits per heavy atom. The Morgan fingerprint density at radius 1 is 1.43 bits per heavy atom. The zero-order valence-corrected chi connectivity index (χ0v) is 13.5. The quantitative estimate of drug-likeness (QED) is 0.853. The molecule has 2 rings (SSSR count). The lowest BCUT2D eigenvalue weighted by Gasteiger charge is -2.33. The number of aromatic nitrogens is 2. The van der Waals surface area contributed by atoms with Crippen molar-refractivity contribution >= 4 is 11.9 Å². The number of anilines is 1. The van der Waals surface area contributed by atoms with E-state index < -0.39 is 0 Å². The van der Waals surface area contributed by atoms with E-state index >= 15 is 0 Å². The van der Waals surface area contributed by atoms with E-state index in [0.29, 0.717) is 12.3 Å². The summed E-state index contributed by atoms with van der Waals surface area (Å²) in [4.78, 5) is 25.0. The van der Waals surface area contributed by atoms with Crippen LogP contribution in [0.15, 0.2) is 12.3 Å². The Hall–Kier alpha value is -1.65. The van der Waals surface area contributed by atoms with Crippen molar-refractivity contribution in [3.8, 4) is 0 Å². The first kappa shape index (κ1) is 15.7. The minimum Gasteiger partial charge on any atom is -0.343 e. The Labute approximate surface area is 127 Å². The van der Waals surface area contributed by atoms with Gasteiger partial charge in [-0.05, 0) is 45.6 Å². The van der Waals surface area contributed by atoms with E-state index in [1.807, 2.05) is 31.1 Å². The highest BCUT2D eigenvalue weighted by molar-refractivity contribution is 5.76. The smallest absolute Gasteiger partial charge is 0.225 e. The number of hydrogen-bond donors (Lipinski definition) is 0. The predicted molar refractivity (Wildman–Crippen MR) is 84.2 cm³/mol. The SMILES string of the molecule is Cc1ccnc(N2CCC(CC(=O)N(C)C(C)C)CC2)n1. The normalized spacial score (nSPS) is 16.3. The molecule has 116 valence electrons. The molecule has 1 amide bonds. The fourth-order valence-corrected chi connectivity index (χ4v) is 2.60. The zero-order chi connectivity index (χ0) is 15.4. The molecule has 0 saturated carbocycles. The van der Waals surface area contributed by atoms with Crippen LogP contribution in [0.2, 0.25) is 0 Å². The molecule has 5 heteroatoms. The van der Waals surface area contributed by atoms with E-state index in [2.05, 4.69) is 28.7 Å². The molecule has 0 unspecified atom stereocenters. The first-order valence-corrected chi connectivity index (χ1v) is 7.77. The first-order valence-electron chi connectivity index (χ1n) is 7.77. The van der Waals surface area contributed by atoms with Gasteiger partial charge in [0.1, 0.15) is 0 Å². The monoisotopic (exact) mass is 290 g/mol. The Morgan fingerprint density at radius 2 is 2.10 bits per heavy atom. The van der Waals surface area contributed by atoms with Crippen molar-refractivity contribution < 1.29 is 4.79 Å². The Bertz CT molecular complexity index is 481. The third kappa shape index (κ3) is 4.16. The lowest BCUT2D eigenvalue weighted by molar-refractivity contribution is -0.132. The van der Waals surface area contributed by atoms with Crippen molar-refractivity contribution in [3.63, 3.8) is 0 Å². The van der Waals surface area contributed by atoms with Gasteiger partial charge < -0.3 is 9.80 Å². The van der Waals surface area contributed by atoms with Crippen molar-refractivity contribution in [2.45, 2.75) is 46.1 Å². The molecule has 21 heavy (non-hydrogen) atoms. The number of carbonyl (C=O) groups is 1. The lowest BCUT2D eigenvalue weighted by atomic mass is 9.93. The average molecular weight is 290 g/mol. The second-order valence-electron chi connectivity index (χ2n) is 6.23. The highest BCUT2D eigenvalue weighted by Gasteiger charge is 2.24. The molecule has 0 N–H and O–H groups in total. The largest absolute Gasteiger partial charge is 0.343 e. The highest BCUT2D eigenvalue weighted by atomic mass is 16.2. The van der Waals surface area contributed by atoms with Gasteiger partial charge >= 0.3 is 0 Å². The number of rotatable bonds is 4. The molecule has 0 bridgehead atoms.